The van der Waals surface area contributed by atoms with Crippen LogP contribution in [0.25, 0.3) is 17.1 Å². The van der Waals surface area contributed by atoms with Gasteiger partial charge in [-0.2, -0.15) is 0 Å². The molecule has 1 heterocycles. The molecule has 0 radical (unpaired) electrons. The lowest BCUT2D eigenvalue weighted by molar-refractivity contribution is -0.384. The standard InChI is InChI=1S/C20H16N4O6/c1-29-18-8-7-14(24(27)28)10-17(18)23-19(25)12-30-20(26)9-6-13-11-21-15-4-2-3-5-16(15)22-13/h2-11H,12H2,1H3,(H,23,25)/b9-6+. The number of aromatic nitrogens is 2. The molecule has 0 bridgehead atoms. The molecule has 10 heteroatoms. The normalized spacial score (nSPS) is 10.7. The number of hydrogen-bond donors (Lipinski definition) is 1. The molecule has 1 N–H and O–H groups in total. The second-order valence-electron chi connectivity index (χ2n) is 5.91. The number of amides is 1. The zero-order valence-corrected chi connectivity index (χ0v) is 15.8. The monoisotopic (exact) mass is 408 g/mol. The third kappa shape index (κ3) is 5.13. The van der Waals surface area contributed by atoms with Crippen LogP contribution < -0.4 is 10.1 Å². The predicted octanol–water partition coefficient (Wildman–Crippen LogP) is 2.74. The van der Waals surface area contributed by atoms with Gasteiger partial charge < -0.3 is 14.8 Å². The van der Waals surface area contributed by atoms with Crippen molar-refractivity contribution in [2.24, 2.45) is 0 Å². The van der Waals surface area contributed by atoms with E-state index in [9.17, 15) is 19.7 Å². The Kier molecular flexibility index (Phi) is 6.28. The van der Waals surface area contributed by atoms with E-state index in [1.54, 1.807) is 6.07 Å². The third-order valence-electron chi connectivity index (χ3n) is 3.87. The molecular formula is C20H16N4O6. The molecule has 3 aromatic rings. The smallest absolute Gasteiger partial charge is 0.331 e. The van der Waals surface area contributed by atoms with Crippen molar-refractivity contribution in [3.63, 3.8) is 0 Å². The number of nitro benzene ring substituents is 1. The van der Waals surface area contributed by atoms with Gasteiger partial charge in [0, 0.05) is 18.2 Å². The van der Waals surface area contributed by atoms with Crippen LogP contribution in [0.4, 0.5) is 11.4 Å². The van der Waals surface area contributed by atoms with E-state index in [-0.39, 0.29) is 17.1 Å². The number of nitro groups is 1. The number of rotatable bonds is 7. The first-order valence-corrected chi connectivity index (χ1v) is 8.65. The van der Waals surface area contributed by atoms with Crippen LogP contribution in [0.15, 0.2) is 54.7 Å². The molecule has 3 rings (SSSR count). The molecule has 30 heavy (non-hydrogen) atoms. The van der Waals surface area contributed by atoms with E-state index in [1.165, 1.54) is 31.5 Å². The largest absolute Gasteiger partial charge is 0.495 e. The Morgan fingerprint density at radius 2 is 1.97 bits per heavy atom. The Hall–Kier alpha value is -4.34. The summed E-state index contributed by atoms with van der Waals surface area (Å²) in [6.45, 7) is -0.585. The molecule has 1 amide bonds. The highest BCUT2D eigenvalue weighted by molar-refractivity contribution is 5.96. The number of carbonyl (C=O) groups is 2. The number of esters is 1. The topological polar surface area (TPSA) is 134 Å². The Morgan fingerprint density at radius 1 is 1.20 bits per heavy atom. The zero-order chi connectivity index (χ0) is 21.5. The van der Waals surface area contributed by atoms with Gasteiger partial charge in [0.2, 0.25) is 0 Å². The number of hydrogen-bond acceptors (Lipinski definition) is 8. The van der Waals surface area contributed by atoms with Gasteiger partial charge in [-0.1, -0.05) is 12.1 Å². The molecular weight excluding hydrogens is 392 g/mol. The first kappa shape index (κ1) is 20.4. The molecule has 1 aromatic heterocycles. The van der Waals surface area contributed by atoms with Gasteiger partial charge in [-0.05, 0) is 24.3 Å². The van der Waals surface area contributed by atoms with Crippen molar-refractivity contribution >= 4 is 40.4 Å². The van der Waals surface area contributed by atoms with Crippen molar-refractivity contribution in [2.45, 2.75) is 0 Å². The molecule has 2 aromatic carbocycles. The first-order valence-electron chi connectivity index (χ1n) is 8.65. The lowest BCUT2D eigenvalue weighted by Gasteiger charge is -2.09. The number of fused-ring (bicyclic) bond motifs is 1. The Balaban J connectivity index is 1.57. The summed E-state index contributed by atoms with van der Waals surface area (Å²) >= 11 is 0. The van der Waals surface area contributed by atoms with Crippen molar-refractivity contribution in [3.8, 4) is 5.75 Å². The van der Waals surface area contributed by atoms with E-state index in [4.69, 9.17) is 9.47 Å². The van der Waals surface area contributed by atoms with Crippen LogP contribution in [0.2, 0.25) is 0 Å². The SMILES string of the molecule is COc1ccc([N+](=O)[O-])cc1NC(=O)COC(=O)/C=C/c1cnc2ccccc2n1. The molecule has 0 aliphatic heterocycles. The predicted molar refractivity (Wildman–Crippen MR) is 108 cm³/mol. The van der Waals surface area contributed by atoms with E-state index in [0.717, 1.165) is 17.7 Å². The summed E-state index contributed by atoms with van der Waals surface area (Å²) in [6.07, 6.45) is 4.05. The van der Waals surface area contributed by atoms with Crippen LogP contribution in [-0.4, -0.2) is 40.5 Å². The van der Waals surface area contributed by atoms with Crippen LogP contribution in [-0.2, 0) is 14.3 Å². The minimum atomic E-state index is -0.758. The average Bonchev–Trinajstić information content (AvgIpc) is 2.76. The van der Waals surface area contributed by atoms with Crippen molar-refractivity contribution in [1.82, 2.24) is 9.97 Å². The van der Waals surface area contributed by atoms with Crippen LogP contribution in [0.5, 0.6) is 5.75 Å². The van der Waals surface area contributed by atoms with Gasteiger partial charge in [0.25, 0.3) is 11.6 Å². The lowest BCUT2D eigenvalue weighted by atomic mass is 10.2. The molecule has 0 spiro atoms. The number of carbonyl (C=O) groups excluding carboxylic acids is 2. The fourth-order valence-electron chi connectivity index (χ4n) is 2.48. The number of anilines is 1. The van der Waals surface area contributed by atoms with E-state index < -0.39 is 23.4 Å². The molecule has 0 saturated carbocycles. The second kappa shape index (κ2) is 9.24. The average molecular weight is 408 g/mol. The van der Waals surface area contributed by atoms with Gasteiger partial charge in [-0.3, -0.25) is 19.9 Å². The number of nitrogens with zero attached hydrogens (tertiary/aromatic N) is 3. The number of non-ortho nitro benzene ring substituents is 1. The zero-order valence-electron chi connectivity index (χ0n) is 15.8. The minimum Gasteiger partial charge on any atom is -0.495 e. The van der Waals surface area contributed by atoms with Gasteiger partial charge >= 0.3 is 5.97 Å². The number of benzene rings is 2. The van der Waals surface area contributed by atoms with Gasteiger partial charge in [0.05, 0.1) is 40.6 Å². The first-order chi connectivity index (χ1) is 14.5. The number of nitrogens with one attached hydrogen (secondary N) is 1. The van der Waals surface area contributed by atoms with Crippen molar-refractivity contribution in [3.05, 3.63) is 70.5 Å². The van der Waals surface area contributed by atoms with Crippen LogP contribution in [0, 0.1) is 10.1 Å². The van der Waals surface area contributed by atoms with Gasteiger partial charge in [-0.25, -0.2) is 9.78 Å². The van der Waals surface area contributed by atoms with E-state index in [1.807, 2.05) is 18.2 Å². The highest BCUT2D eigenvalue weighted by Crippen LogP contribution is 2.28. The van der Waals surface area contributed by atoms with Gasteiger partial charge in [0.1, 0.15) is 5.75 Å². The summed E-state index contributed by atoms with van der Waals surface area (Å²) in [5.74, 6) is -1.21. The quantitative estimate of drug-likeness (QED) is 0.273. The Bertz CT molecular complexity index is 1150. The molecule has 0 atom stereocenters. The fourth-order valence-corrected chi connectivity index (χ4v) is 2.48. The summed E-state index contributed by atoms with van der Waals surface area (Å²) in [4.78, 5) is 42.7. The molecule has 0 unspecified atom stereocenters. The maximum atomic E-state index is 12.0. The van der Waals surface area contributed by atoms with Crippen LogP contribution >= 0.6 is 0 Å². The maximum Gasteiger partial charge on any atom is 0.331 e. The summed E-state index contributed by atoms with van der Waals surface area (Å²) in [6, 6.07) is 11.0. The summed E-state index contributed by atoms with van der Waals surface area (Å²) in [7, 11) is 1.36. The molecule has 10 nitrogen and oxygen atoms in total. The van der Waals surface area contributed by atoms with Crippen LogP contribution in [0.1, 0.15) is 5.69 Å². The number of para-hydroxylation sites is 2. The Labute approximate surface area is 170 Å². The molecule has 152 valence electrons. The fraction of sp³-hybridized carbons (Fsp3) is 0.100. The van der Waals surface area contributed by atoms with Gasteiger partial charge in [-0.15, -0.1) is 0 Å². The minimum absolute atomic E-state index is 0.0923. The van der Waals surface area contributed by atoms with Crippen LogP contribution in [0.3, 0.4) is 0 Å². The highest BCUT2D eigenvalue weighted by atomic mass is 16.6. The van der Waals surface area contributed by atoms with Crippen molar-refractivity contribution in [2.75, 3.05) is 19.0 Å². The summed E-state index contributed by atoms with van der Waals surface area (Å²) in [5.41, 5.74) is 1.73. The molecule has 0 aliphatic carbocycles. The highest BCUT2D eigenvalue weighted by Gasteiger charge is 2.14. The van der Waals surface area contributed by atoms with Crippen molar-refractivity contribution in [1.29, 1.82) is 0 Å². The Morgan fingerprint density at radius 3 is 2.70 bits per heavy atom. The van der Waals surface area contributed by atoms with Crippen molar-refractivity contribution < 1.29 is 24.0 Å². The van der Waals surface area contributed by atoms with E-state index in [0.29, 0.717) is 11.2 Å². The second-order valence-corrected chi connectivity index (χ2v) is 5.91. The molecule has 0 saturated heterocycles. The summed E-state index contributed by atoms with van der Waals surface area (Å²) < 4.78 is 9.93. The number of methoxy groups -OCH3 is 1. The molecule has 0 fully saturated rings. The van der Waals surface area contributed by atoms with E-state index in [2.05, 4.69) is 15.3 Å². The summed E-state index contributed by atoms with van der Waals surface area (Å²) in [5, 5.41) is 13.3. The van der Waals surface area contributed by atoms with Gasteiger partial charge in [0.15, 0.2) is 6.61 Å². The number of ether oxygens (including phenoxy) is 2. The maximum absolute atomic E-state index is 12.0. The van der Waals surface area contributed by atoms with E-state index >= 15 is 0 Å². The lowest BCUT2D eigenvalue weighted by Crippen LogP contribution is -2.20. The molecule has 0 aliphatic rings. The third-order valence-corrected chi connectivity index (χ3v) is 3.87.